The first kappa shape index (κ1) is 4.49. The highest BCUT2D eigenvalue weighted by Crippen LogP contribution is 1.45. The molecule has 0 aliphatic heterocycles. The molecule has 0 N–H and O–H groups in total. The molecule has 0 amide bonds. The molecule has 0 saturated carbocycles. The van der Waals surface area contributed by atoms with E-state index < -0.39 is 0 Å². The molecule has 0 unspecified atom stereocenters. The molecule has 0 fully saturated rings. The third kappa shape index (κ3) is 2.49. The summed E-state index contributed by atoms with van der Waals surface area (Å²) in [5.74, 6) is 0. The van der Waals surface area contributed by atoms with Crippen LogP contribution in [0.15, 0.2) is 0 Å². The number of rotatable bonds is 1. The zero-order valence-electron chi connectivity index (χ0n) is 3.12. The van der Waals surface area contributed by atoms with Crippen molar-refractivity contribution in [3.63, 3.8) is 0 Å². The second-order valence-corrected chi connectivity index (χ2v) is 1.15. The summed E-state index contributed by atoms with van der Waals surface area (Å²) in [5, 5.41) is 0. The molecular weight excluding hydrogens is 67.0 g/mol. The minimum absolute atomic E-state index is 0. The van der Waals surface area contributed by atoms with Crippen molar-refractivity contribution in [2.24, 2.45) is 0 Å². The van der Waals surface area contributed by atoms with Crippen LogP contribution in [0.3, 0.4) is 0 Å². The van der Waals surface area contributed by atoms with Gasteiger partial charge in [0, 0.05) is 8.54 Å². The molecule has 0 aliphatic rings. The highest BCUT2D eigenvalue weighted by atomic mass is 27.0. The van der Waals surface area contributed by atoms with Crippen molar-refractivity contribution in [3.05, 3.63) is 0 Å². The topological polar surface area (TPSA) is 9.23 Å². The fraction of sp³-hybridized carbons (Fsp3) is 1.00. The van der Waals surface area contributed by atoms with E-state index in [1.54, 1.807) is 7.11 Å². The summed E-state index contributed by atoms with van der Waals surface area (Å²) in [4.78, 5) is 0. The standard InChI is InChI=1S/C2H5O.Al.H2.2H/c1-3-2;;;;/h1H2,2H3;;1H;;. The van der Waals surface area contributed by atoms with E-state index >= 15 is 0 Å². The van der Waals surface area contributed by atoms with Gasteiger partial charge in [0.25, 0.3) is 16.3 Å². The van der Waals surface area contributed by atoms with Crippen LogP contribution >= 0.6 is 0 Å². The SMILES string of the molecule is CO[CH2][AlH2].[HH]. The predicted octanol–water partition coefficient (Wildman–Crippen LogP) is -0.531. The normalized spacial score (nSPS) is 7.25. The van der Waals surface area contributed by atoms with Gasteiger partial charge in [0.15, 0.2) is 0 Å². The Bertz CT molecular complexity index is 11.6. The van der Waals surface area contributed by atoms with Crippen LogP contribution in [-0.2, 0) is 4.74 Å². The molecule has 0 saturated heterocycles. The van der Waals surface area contributed by atoms with Crippen LogP contribution in [0.5, 0.6) is 0 Å². The summed E-state index contributed by atoms with van der Waals surface area (Å²) in [6.07, 6.45) is 0. The molecular formula is C2H9AlO. The van der Waals surface area contributed by atoms with Crippen LogP contribution in [0.2, 0.25) is 0 Å². The molecule has 0 spiro atoms. The second kappa shape index (κ2) is 3.49. The van der Waals surface area contributed by atoms with E-state index in [1.807, 2.05) is 0 Å². The first-order valence-corrected chi connectivity index (χ1v) is 2.82. The number of hydrogen-bond donors (Lipinski definition) is 0. The maximum Gasteiger partial charge on any atom is 0.253 e. The molecule has 26 valence electrons. The first-order valence-electron chi connectivity index (χ1n) is 1.40. The van der Waals surface area contributed by atoms with Crippen LogP contribution < -0.4 is 0 Å². The summed E-state index contributed by atoms with van der Waals surface area (Å²) >= 11 is 1.17. The Labute approximate surface area is 35.9 Å². The first-order chi connectivity index (χ1) is 1.91. The van der Waals surface area contributed by atoms with Gasteiger partial charge in [0.1, 0.15) is 0 Å². The van der Waals surface area contributed by atoms with Gasteiger partial charge in [-0.1, -0.05) is 0 Å². The van der Waals surface area contributed by atoms with E-state index in [0.717, 1.165) is 5.47 Å². The Morgan fingerprint density at radius 3 is 2.50 bits per heavy atom. The van der Waals surface area contributed by atoms with E-state index in [1.165, 1.54) is 16.3 Å². The van der Waals surface area contributed by atoms with Crippen LogP contribution in [0, 0.1) is 0 Å². The molecule has 0 heterocycles. The van der Waals surface area contributed by atoms with Gasteiger partial charge in [-0.25, -0.2) is 0 Å². The fourth-order valence-corrected chi connectivity index (χ4v) is 0. The van der Waals surface area contributed by atoms with E-state index in [4.69, 9.17) is 0 Å². The van der Waals surface area contributed by atoms with Gasteiger partial charge in [-0.05, 0) is 5.47 Å². The van der Waals surface area contributed by atoms with Crippen LogP contribution in [0.4, 0.5) is 0 Å². The van der Waals surface area contributed by atoms with E-state index in [9.17, 15) is 0 Å². The van der Waals surface area contributed by atoms with Gasteiger partial charge in [-0.2, -0.15) is 0 Å². The monoisotopic (exact) mass is 76.0 g/mol. The van der Waals surface area contributed by atoms with Gasteiger partial charge >= 0.3 is 0 Å². The Hall–Kier alpha value is 0.492. The largest absolute Gasteiger partial charge is 0.400 e. The molecule has 0 aromatic rings. The third-order valence-electron chi connectivity index (χ3n) is 0.289. The molecule has 0 atom stereocenters. The summed E-state index contributed by atoms with van der Waals surface area (Å²) in [6.45, 7) is 0. The van der Waals surface area contributed by atoms with Crippen LogP contribution in [-0.4, -0.2) is 28.9 Å². The minimum atomic E-state index is 0. The molecule has 0 rings (SSSR count). The Kier molecular flexibility index (Phi) is 3.92. The molecule has 0 aromatic heterocycles. The lowest BCUT2D eigenvalue weighted by atomic mass is 11.5. The molecule has 0 bridgehead atoms. The summed E-state index contributed by atoms with van der Waals surface area (Å²) in [6, 6.07) is 0. The minimum Gasteiger partial charge on any atom is -0.400 e. The Morgan fingerprint density at radius 1 is 2.25 bits per heavy atom. The van der Waals surface area contributed by atoms with Crippen molar-refractivity contribution >= 4 is 16.3 Å². The fourth-order valence-electron chi connectivity index (χ4n) is 0. The zero-order chi connectivity index (χ0) is 3.41. The average molecular weight is 76.1 g/mol. The van der Waals surface area contributed by atoms with Gasteiger partial charge in [-0.3, -0.25) is 0 Å². The number of hydrogen-bond acceptors (Lipinski definition) is 1. The second-order valence-electron chi connectivity index (χ2n) is 0.577. The molecule has 0 radical (unpaired) electrons. The van der Waals surface area contributed by atoms with Crippen LogP contribution in [0.1, 0.15) is 1.43 Å². The van der Waals surface area contributed by atoms with Gasteiger partial charge in [0.05, 0.1) is 0 Å². The molecule has 0 aliphatic carbocycles. The van der Waals surface area contributed by atoms with Crippen molar-refractivity contribution in [3.8, 4) is 0 Å². The van der Waals surface area contributed by atoms with Crippen molar-refractivity contribution in [1.82, 2.24) is 0 Å². The van der Waals surface area contributed by atoms with Crippen molar-refractivity contribution < 1.29 is 6.16 Å². The number of ether oxygens (including phenoxy) is 1. The maximum atomic E-state index is 4.60. The third-order valence-corrected chi connectivity index (χ3v) is 0.866. The molecule has 2 heteroatoms. The number of methoxy groups -OCH3 is 1. The van der Waals surface area contributed by atoms with Crippen molar-refractivity contribution in [2.75, 3.05) is 12.6 Å². The van der Waals surface area contributed by atoms with Gasteiger partial charge in [-0.15, -0.1) is 0 Å². The highest BCUT2D eigenvalue weighted by molar-refractivity contribution is 6.08. The summed E-state index contributed by atoms with van der Waals surface area (Å²) in [7, 11) is 1.72. The quantitative estimate of drug-likeness (QED) is 0.381. The van der Waals surface area contributed by atoms with Gasteiger partial charge < -0.3 is 4.74 Å². The zero-order valence-corrected chi connectivity index (χ0v) is 5.12. The Morgan fingerprint density at radius 2 is 2.50 bits per heavy atom. The Balaban J connectivity index is 0. The molecule has 0 aromatic carbocycles. The average Bonchev–Trinajstić information content (AvgIpc) is 1.37. The summed E-state index contributed by atoms with van der Waals surface area (Å²) < 4.78 is 4.60. The predicted molar refractivity (Wildman–Crippen MR) is 22.5 cm³/mol. The van der Waals surface area contributed by atoms with Gasteiger partial charge in [0.2, 0.25) is 0 Å². The van der Waals surface area contributed by atoms with Crippen molar-refractivity contribution in [1.29, 1.82) is 0 Å². The maximum absolute atomic E-state index is 4.60. The van der Waals surface area contributed by atoms with E-state index in [0.29, 0.717) is 0 Å². The smallest absolute Gasteiger partial charge is 0.253 e. The van der Waals surface area contributed by atoms with Crippen molar-refractivity contribution in [2.45, 2.75) is 0 Å². The lowest BCUT2D eigenvalue weighted by molar-refractivity contribution is 0.254. The highest BCUT2D eigenvalue weighted by Gasteiger charge is 1.54. The van der Waals surface area contributed by atoms with E-state index in [-0.39, 0.29) is 1.43 Å². The molecule has 1 nitrogen and oxygen atoms in total. The molecule has 4 heavy (non-hydrogen) atoms. The van der Waals surface area contributed by atoms with E-state index in [2.05, 4.69) is 4.74 Å². The lowest BCUT2D eigenvalue weighted by Gasteiger charge is -1.76. The summed E-state index contributed by atoms with van der Waals surface area (Å²) in [5.41, 5.74) is 0.958. The lowest BCUT2D eigenvalue weighted by Crippen LogP contribution is -1.80. The van der Waals surface area contributed by atoms with Crippen LogP contribution in [0.25, 0.3) is 0 Å².